The zero-order valence-corrected chi connectivity index (χ0v) is 29.5. The number of rotatable bonds is 3. The van der Waals surface area contributed by atoms with E-state index in [1.807, 2.05) is 12.1 Å². The SMILES string of the molecule is c1ccc(-n2c3ccccc3c3cc(-c4cc5c6cc7c(cc6n6c8nc9ccccc9nc8c(c4)c56)c4ccccc4n7-c4ccccc4)ccc32)cc1. The molecule has 0 atom stereocenters. The summed E-state index contributed by atoms with van der Waals surface area (Å²) in [4.78, 5) is 10.6. The van der Waals surface area contributed by atoms with E-state index in [0.29, 0.717) is 0 Å². The number of hydrogen-bond acceptors (Lipinski definition) is 2. The molecule has 13 aromatic rings. The summed E-state index contributed by atoms with van der Waals surface area (Å²) in [6.45, 7) is 0. The predicted molar refractivity (Wildman–Crippen MR) is 228 cm³/mol. The van der Waals surface area contributed by atoms with Crippen molar-refractivity contribution in [1.82, 2.24) is 23.5 Å². The van der Waals surface area contributed by atoms with E-state index in [0.717, 1.165) is 55.6 Å². The molecular formula is C50H29N5. The van der Waals surface area contributed by atoms with Crippen LogP contribution in [0.2, 0.25) is 0 Å². The topological polar surface area (TPSA) is 40.1 Å². The molecule has 0 fully saturated rings. The Bertz CT molecular complexity index is 3700. The molecule has 0 aliphatic carbocycles. The van der Waals surface area contributed by atoms with Gasteiger partial charge in [-0.25, -0.2) is 9.97 Å². The molecule has 0 N–H and O–H groups in total. The Hall–Kier alpha value is -7.50. The highest BCUT2D eigenvalue weighted by molar-refractivity contribution is 6.26. The molecule has 5 nitrogen and oxygen atoms in total. The molecule has 254 valence electrons. The van der Waals surface area contributed by atoms with Crippen molar-refractivity contribution in [1.29, 1.82) is 0 Å². The monoisotopic (exact) mass is 699 g/mol. The van der Waals surface area contributed by atoms with Gasteiger partial charge in [0.25, 0.3) is 0 Å². The Morgan fingerprint density at radius 3 is 1.55 bits per heavy atom. The van der Waals surface area contributed by atoms with Crippen LogP contribution in [0.1, 0.15) is 0 Å². The number of benzene rings is 8. The first-order valence-corrected chi connectivity index (χ1v) is 18.8. The van der Waals surface area contributed by atoms with E-state index in [4.69, 9.17) is 9.97 Å². The Kier molecular flexibility index (Phi) is 5.57. The average molecular weight is 700 g/mol. The van der Waals surface area contributed by atoms with E-state index in [-0.39, 0.29) is 0 Å². The Balaban J connectivity index is 1.16. The number of nitrogens with zero attached hydrogens (tertiary/aromatic N) is 5. The van der Waals surface area contributed by atoms with Gasteiger partial charge in [-0.05, 0) is 96.1 Å². The lowest BCUT2D eigenvalue weighted by molar-refractivity contribution is 1.18. The first-order chi connectivity index (χ1) is 27.3. The first-order valence-electron chi connectivity index (χ1n) is 18.8. The molecule has 8 aromatic carbocycles. The molecule has 0 amide bonds. The van der Waals surface area contributed by atoms with Crippen molar-refractivity contribution in [2.45, 2.75) is 0 Å². The van der Waals surface area contributed by atoms with Crippen molar-refractivity contribution >= 4 is 93.0 Å². The quantitative estimate of drug-likeness (QED) is 0.184. The van der Waals surface area contributed by atoms with E-state index >= 15 is 0 Å². The van der Waals surface area contributed by atoms with E-state index in [2.05, 4.69) is 177 Å². The lowest BCUT2D eigenvalue weighted by atomic mass is 9.98. The summed E-state index contributed by atoms with van der Waals surface area (Å²) in [6, 6.07) is 63.5. The Labute approximate surface area is 313 Å². The van der Waals surface area contributed by atoms with Crippen LogP contribution in [0.5, 0.6) is 0 Å². The van der Waals surface area contributed by atoms with Crippen molar-refractivity contribution in [2.24, 2.45) is 0 Å². The van der Waals surface area contributed by atoms with Gasteiger partial charge in [0.1, 0.15) is 5.52 Å². The van der Waals surface area contributed by atoms with Crippen LogP contribution in [0.3, 0.4) is 0 Å². The van der Waals surface area contributed by atoms with Crippen LogP contribution in [-0.2, 0) is 0 Å². The van der Waals surface area contributed by atoms with Gasteiger partial charge >= 0.3 is 0 Å². The molecule has 0 radical (unpaired) electrons. The van der Waals surface area contributed by atoms with Crippen LogP contribution < -0.4 is 0 Å². The number of fused-ring (bicyclic) bond motifs is 13. The lowest BCUT2D eigenvalue weighted by Crippen LogP contribution is -1.93. The standard InChI is InChI=1S/C50H29N5/c1-3-13-32(14-4-1)53-43-21-11-7-17-34(43)36-25-30(23-24-45(36)53)31-26-39-38-29-46-37(35-18-8-12-22-44(35)54(46)33-15-5-2-6-16-33)28-47(38)55-49(39)40(27-31)48-50(55)52-42-20-10-9-19-41(42)51-48/h1-29H. The van der Waals surface area contributed by atoms with Crippen molar-refractivity contribution < 1.29 is 0 Å². The minimum Gasteiger partial charge on any atom is -0.309 e. The van der Waals surface area contributed by atoms with Crippen LogP contribution in [0.25, 0.3) is 116 Å². The molecule has 5 aromatic heterocycles. The van der Waals surface area contributed by atoms with Gasteiger partial charge in [0.15, 0.2) is 5.65 Å². The molecule has 0 aliphatic rings. The minimum atomic E-state index is 0.887. The summed E-state index contributed by atoms with van der Waals surface area (Å²) in [5.74, 6) is 0. The van der Waals surface area contributed by atoms with Gasteiger partial charge in [-0.1, -0.05) is 91.0 Å². The fourth-order valence-electron chi connectivity index (χ4n) is 9.36. The zero-order chi connectivity index (χ0) is 35.8. The van der Waals surface area contributed by atoms with Crippen LogP contribution in [-0.4, -0.2) is 23.5 Å². The third-order valence-corrected chi connectivity index (χ3v) is 11.7. The van der Waals surface area contributed by atoms with E-state index in [1.165, 1.54) is 59.9 Å². The summed E-state index contributed by atoms with van der Waals surface area (Å²) in [5, 5.41) is 8.44. The van der Waals surface area contributed by atoms with Gasteiger partial charge in [0.05, 0.1) is 44.1 Å². The second kappa shape index (κ2) is 10.6. The third kappa shape index (κ3) is 3.86. The minimum absolute atomic E-state index is 0.887. The summed E-state index contributed by atoms with van der Waals surface area (Å²) in [7, 11) is 0. The summed E-state index contributed by atoms with van der Waals surface area (Å²) in [6.07, 6.45) is 0. The van der Waals surface area contributed by atoms with Crippen LogP contribution in [0.15, 0.2) is 176 Å². The maximum atomic E-state index is 5.31. The largest absolute Gasteiger partial charge is 0.309 e. The summed E-state index contributed by atoms with van der Waals surface area (Å²) < 4.78 is 7.14. The molecule has 55 heavy (non-hydrogen) atoms. The molecule has 0 spiro atoms. The van der Waals surface area contributed by atoms with Gasteiger partial charge in [-0.15, -0.1) is 0 Å². The van der Waals surface area contributed by atoms with Crippen molar-refractivity contribution in [3.05, 3.63) is 176 Å². The number of para-hydroxylation sites is 6. The fourth-order valence-corrected chi connectivity index (χ4v) is 9.36. The fraction of sp³-hybridized carbons (Fsp3) is 0. The number of aromatic nitrogens is 5. The highest BCUT2D eigenvalue weighted by atomic mass is 15.0. The van der Waals surface area contributed by atoms with Crippen LogP contribution in [0.4, 0.5) is 0 Å². The van der Waals surface area contributed by atoms with Gasteiger partial charge in [-0.3, -0.25) is 4.40 Å². The lowest BCUT2D eigenvalue weighted by Gasteiger charge is -2.09. The highest BCUT2D eigenvalue weighted by Crippen LogP contribution is 2.45. The first kappa shape index (κ1) is 29.0. The molecule has 13 rings (SSSR count). The Morgan fingerprint density at radius 2 is 0.836 bits per heavy atom. The third-order valence-electron chi connectivity index (χ3n) is 11.7. The van der Waals surface area contributed by atoms with Crippen LogP contribution >= 0.6 is 0 Å². The van der Waals surface area contributed by atoms with Crippen molar-refractivity contribution in [3.63, 3.8) is 0 Å². The van der Waals surface area contributed by atoms with Gasteiger partial charge < -0.3 is 9.13 Å². The van der Waals surface area contributed by atoms with Gasteiger partial charge in [0.2, 0.25) is 0 Å². The normalized spacial score (nSPS) is 12.4. The molecule has 0 unspecified atom stereocenters. The summed E-state index contributed by atoms with van der Waals surface area (Å²) in [5.41, 5.74) is 15.3. The van der Waals surface area contributed by atoms with Crippen molar-refractivity contribution in [2.75, 3.05) is 0 Å². The van der Waals surface area contributed by atoms with Gasteiger partial charge in [-0.2, -0.15) is 0 Å². The maximum absolute atomic E-state index is 5.31. The molecule has 5 heteroatoms. The highest BCUT2D eigenvalue weighted by Gasteiger charge is 2.24. The molecule has 0 aliphatic heterocycles. The van der Waals surface area contributed by atoms with Crippen LogP contribution in [0, 0.1) is 0 Å². The average Bonchev–Trinajstić information content (AvgIpc) is 3.96. The smallest absolute Gasteiger partial charge is 0.165 e. The second-order valence-electron chi connectivity index (χ2n) is 14.6. The van der Waals surface area contributed by atoms with Crippen molar-refractivity contribution in [3.8, 4) is 22.5 Å². The Morgan fingerprint density at radius 1 is 0.327 bits per heavy atom. The predicted octanol–water partition coefficient (Wildman–Crippen LogP) is 12.6. The van der Waals surface area contributed by atoms with E-state index in [9.17, 15) is 0 Å². The van der Waals surface area contributed by atoms with E-state index in [1.54, 1.807) is 0 Å². The second-order valence-corrected chi connectivity index (χ2v) is 14.6. The molecule has 0 saturated heterocycles. The van der Waals surface area contributed by atoms with Gasteiger partial charge in [0, 0.05) is 49.1 Å². The molecular weight excluding hydrogens is 671 g/mol. The van der Waals surface area contributed by atoms with E-state index < -0.39 is 0 Å². The zero-order valence-electron chi connectivity index (χ0n) is 29.5. The number of hydrogen-bond donors (Lipinski definition) is 0. The molecule has 5 heterocycles. The maximum Gasteiger partial charge on any atom is 0.165 e. The molecule has 0 saturated carbocycles. The summed E-state index contributed by atoms with van der Waals surface area (Å²) >= 11 is 0. The molecule has 0 bridgehead atoms.